The van der Waals surface area contributed by atoms with E-state index in [4.69, 9.17) is 0 Å². The molecule has 0 bridgehead atoms. The Balaban J connectivity index is 1.18. The molecule has 1 fully saturated rings. The Labute approximate surface area is 208 Å². The van der Waals surface area contributed by atoms with E-state index in [9.17, 15) is 13.6 Å². The van der Waals surface area contributed by atoms with Gasteiger partial charge in [0.25, 0.3) is 0 Å². The highest BCUT2D eigenvalue weighted by molar-refractivity contribution is 7.95. The molecule has 35 heavy (non-hydrogen) atoms. The first-order chi connectivity index (χ1) is 17.0. The molecule has 2 heterocycles. The first-order valence-electron chi connectivity index (χ1n) is 12.2. The summed E-state index contributed by atoms with van der Waals surface area (Å²) in [5.74, 6) is 0.0289. The van der Waals surface area contributed by atoms with Gasteiger partial charge in [0.15, 0.2) is 21.1 Å². The van der Waals surface area contributed by atoms with Crippen LogP contribution in [0.2, 0.25) is 0 Å². The summed E-state index contributed by atoms with van der Waals surface area (Å²) in [6.45, 7) is 5.14. The van der Waals surface area contributed by atoms with Crippen LogP contribution in [0.4, 0.5) is 0 Å². The molecule has 2 aliphatic rings. The number of rotatable bonds is 7. The summed E-state index contributed by atoms with van der Waals surface area (Å²) >= 11 is 0. The minimum Gasteiger partial charge on any atom is -0.593 e. The second-order valence-electron chi connectivity index (χ2n) is 9.32. The largest absolute Gasteiger partial charge is 0.593 e. The number of fused-ring (bicyclic) bond motifs is 1. The second-order valence-corrected chi connectivity index (χ2v) is 11.3. The summed E-state index contributed by atoms with van der Waals surface area (Å²) < 4.78 is 27.1. The maximum Gasteiger partial charge on any atom is 0.175 e. The van der Waals surface area contributed by atoms with Gasteiger partial charge < -0.3 is 9.87 Å². The first-order valence-corrected chi connectivity index (χ1v) is 13.6. The zero-order valence-corrected chi connectivity index (χ0v) is 20.6. The van der Waals surface area contributed by atoms with E-state index >= 15 is 0 Å². The highest BCUT2D eigenvalue weighted by atomic mass is 32.3. The molecule has 1 atom stereocenters. The molecule has 0 aliphatic carbocycles. The van der Waals surface area contributed by atoms with E-state index in [1.165, 1.54) is 21.0 Å². The zero-order valence-electron chi connectivity index (χ0n) is 19.8. The van der Waals surface area contributed by atoms with Gasteiger partial charge >= 0.3 is 0 Å². The maximum atomic E-state index is 12.8. The fraction of sp³-hybridized carbons (Fsp3) is 0.321. The molecule has 7 heteroatoms. The molecule has 1 N–H and O–H groups in total. The summed E-state index contributed by atoms with van der Waals surface area (Å²) in [7, 11) is -3.49. The number of nitrogens with zero attached hydrogens (tertiary/aromatic N) is 2. The Morgan fingerprint density at radius 3 is 2.23 bits per heavy atom. The van der Waals surface area contributed by atoms with E-state index in [2.05, 4.69) is 34.5 Å². The number of hydrogen-bond donors (Lipinski definition) is 1. The van der Waals surface area contributed by atoms with Crippen LogP contribution < -0.4 is 5.32 Å². The van der Waals surface area contributed by atoms with E-state index in [0.717, 1.165) is 31.6 Å². The Hall–Kier alpha value is -2.68. The molecular weight excluding hydrogens is 458 g/mol. The average molecular weight is 490 g/mol. The molecule has 6 nitrogen and oxygen atoms in total. The number of carbonyl (C=O) groups excluding carboxylic acids is 1. The highest BCUT2D eigenvalue weighted by Gasteiger charge is 2.31. The van der Waals surface area contributed by atoms with Gasteiger partial charge in [-0.2, -0.15) is 0 Å². The molecule has 3 aromatic rings. The van der Waals surface area contributed by atoms with Crippen molar-refractivity contribution in [2.45, 2.75) is 30.8 Å². The number of carbonyl (C=O) groups is 1. The summed E-state index contributed by atoms with van der Waals surface area (Å²) in [5.41, 5.74) is 5.53. The van der Waals surface area contributed by atoms with E-state index < -0.39 is 10.4 Å². The normalized spacial score (nSPS) is 18.5. The van der Waals surface area contributed by atoms with Crippen LogP contribution in [0.25, 0.3) is 0 Å². The molecule has 3 aromatic carbocycles. The molecule has 1 saturated heterocycles. The van der Waals surface area contributed by atoms with Gasteiger partial charge in [0.1, 0.15) is 0 Å². The van der Waals surface area contributed by atoms with Crippen LogP contribution in [0.3, 0.4) is 0 Å². The Kier molecular flexibility index (Phi) is 7.22. The molecule has 2 aliphatic heterocycles. The van der Waals surface area contributed by atoms with Crippen molar-refractivity contribution >= 4 is 16.2 Å². The summed E-state index contributed by atoms with van der Waals surface area (Å²) in [6.07, 6.45) is 1.32. The smallest absolute Gasteiger partial charge is 0.175 e. The van der Waals surface area contributed by atoms with Gasteiger partial charge in [-0.05, 0) is 40.8 Å². The van der Waals surface area contributed by atoms with Crippen LogP contribution in [0.5, 0.6) is 0 Å². The second kappa shape index (κ2) is 10.5. The third kappa shape index (κ3) is 5.60. The fourth-order valence-electron chi connectivity index (χ4n) is 4.84. The van der Waals surface area contributed by atoms with Crippen molar-refractivity contribution in [1.29, 1.82) is 0 Å². The molecule has 0 spiro atoms. The van der Waals surface area contributed by atoms with Crippen LogP contribution in [0.1, 0.15) is 32.6 Å². The Morgan fingerprint density at radius 1 is 0.857 bits per heavy atom. The SMILES string of the molecule is O=C(Cc1ccc([S+](=O)([O-])N2CCNCC2)cc1)c1ccc(CN2CCc3ccccc3C2)cc1. The Morgan fingerprint density at radius 2 is 1.51 bits per heavy atom. The number of Topliss-reactive ketones (excluding diaryl/α,β-unsaturated/α-hetero) is 1. The van der Waals surface area contributed by atoms with Gasteiger partial charge in [0.2, 0.25) is 0 Å². The van der Waals surface area contributed by atoms with Crippen molar-refractivity contribution in [3.05, 3.63) is 101 Å². The number of benzene rings is 3. The van der Waals surface area contributed by atoms with E-state index in [1.807, 2.05) is 24.3 Å². The third-order valence-corrected chi connectivity index (χ3v) is 8.81. The van der Waals surface area contributed by atoms with Crippen molar-refractivity contribution < 1.29 is 13.6 Å². The van der Waals surface area contributed by atoms with Crippen LogP contribution in [-0.4, -0.2) is 52.3 Å². The molecular formula is C28H31N3O3S. The van der Waals surface area contributed by atoms with Gasteiger partial charge in [0.05, 0.1) is 13.1 Å². The summed E-state index contributed by atoms with van der Waals surface area (Å²) in [4.78, 5) is 15.6. The number of piperazine rings is 1. The van der Waals surface area contributed by atoms with Crippen molar-refractivity contribution in [2.75, 3.05) is 32.7 Å². The molecule has 0 saturated carbocycles. The van der Waals surface area contributed by atoms with Gasteiger partial charge in [-0.25, -0.2) is 0 Å². The van der Waals surface area contributed by atoms with Crippen LogP contribution >= 0.6 is 0 Å². The van der Waals surface area contributed by atoms with Gasteiger partial charge in [0, 0.05) is 44.7 Å². The summed E-state index contributed by atoms with van der Waals surface area (Å²) in [5, 5.41) is 3.17. The topological polar surface area (TPSA) is 75.7 Å². The van der Waals surface area contributed by atoms with Gasteiger partial charge in [-0.3, -0.25) is 9.69 Å². The number of hydrogen-bond acceptors (Lipinski definition) is 5. The quantitative estimate of drug-likeness (QED) is 0.406. The van der Waals surface area contributed by atoms with Gasteiger partial charge in [-0.15, -0.1) is 4.31 Å². The first kappa shape index (κ1) is 24.0. The maximum absolute atomic E-state index is 12.8. The number of ketones is 1. The van der Waals surface area contributed by atoms with Crippen LogP contribution in [0.15, 0.2) is 77.7 Å². The predicted molar refractivity (Wildman–Crippen MR) is 137 cm³/mol. The average Bonchev–Trinajstić information content (AvgIpc) is 2.90. The van der Waals surface area contributed by atoms with E-state index in [1.54, 1.807) is 24.3 Å². The lowest BCUT2D eigenvalue weighted by Gasteiger charge is -2.30. The van der Waals surface area contributed by atoms with Crippen LogP contribution in [-0.2, 0) is 40.5 Å². The molecule has 0 amide bonds. The van der Waals surface area contributed by atoms with Crippen molar-refractivity contribution in [1.82, 2.24) is 14.5 Å². The number of sulfonamides is 1. The fourth-order valence-corrected chi connectivity index (χ4v) is 6.29. The zero-order chi connectivity index (χ0) is 24.3. The lowest BCUT2D eigenvalue weighted by Crippen LogP contribution is -2.48. The van der Waals surface area contributed by atoms with E-state index in [-0.39, 0.29) is 17.1 Å². The predicted octanol–water partition coefficient (Wildman–Crippen LogP) is 3.48. The highest BCUT2D eigenvalue weighted by Crippen LogP contribution is 2.23. The summed E-state index contributed by atoms with van der Waals surface area (Å²) in [6, 6.07) is 23.2. The van der Waals surface area contributed by atoms with Crippen molar-refractivity contribution in [3.63, 3.8) is 0 Å². The molecule has 0 aromatic heterocycles. The standard InChI is InChI=1S/C28H31N3O3S/c32-28(19-22-7-11-27(12-8-22)35(33,34)31-17-14-29-15-18-31)25-9-5-23(6-10-25)20-30-16-13-24-3-1-2-4-26(24)21-30/h1-12,29H,13-21H2. The molecule has 5 rings (SSSR count). The molecule has 1 unspecified atom stereocenters. The minimum atomic E-state index is -3.49. The lowest BCUT2D eigenvalue weighted by atomic mass is 9.99. The molecule has 0 radical (unpaired) electrons. The Bertz CT molecular complexity index is 1220. The van der Waals surface area contributed by atoms with Crippen LogP contribution in [0, 0.1) is 0 Å². The van der Waals surface area contributed by atoms with Gasteiger partial charge in [-0.1, -0.05) is 64.9 Å². The van der Waals surface area contributed by atoms with Crippen molar-refractivity contribution in [3.8, 4) is 0 Å². The monoisotopic (exact) mass is 489 g/mol. The van der Waals surface area contributed by atoms with E-state index in [0.29, 0.717) is 31.7 Å². The minimum absolute atomic E-state index is 0.0289. The van der Waals surface area contributed by atoms with Crippen molar-refractivity contribution in [2.24, 2.45) is 0 Å². The lowest BCUT2D eigenvalue weighted by molar-refractivity contribution is 0.0993. The number of nitrogens with one attached hydrogen (secondary N) is 1. The molecule has 182 valence electrons. The third-order valence-electron chi connectivity index (χ3n) is 6.89.